The lowest BCUT2D eigenvalue weighted by Crippen LogP contribution is -2.38. The Bertz CT molecular complexity index is 1490. The van der Waals surface area contributed by atoms with E-state index < -0.39 is 30.2 Å². The van der Waals surface area contributed by atoms with Gasteiger partial charge in [0.15, 0.2) is 11.5 Å². The van der Waals surface area contributed by atoms with Crippen molar-refractivity contribution in [1.82, 2.24) is 10.2 Å². The summed E-state index contributed by atoms with van der Waals surface area (Å²) in [5.74, 6) is -1.10. The fraction of sp³-hybridized carbons (Fsp3) is 0.167. The molecule has 1 aliphatic heterocycles. The van der Waals surface area contributed by atoms with Crippen LogP contribution in [0, 0.1) is 5.82 Å². The summed E-state index contributed by atoms with van der Waals surface area (Å²) >= 11 is 6.28. The van der Waals surface area contributed by atoms with Crippen LogP contribution in [-0.4, -0.2) is 35.9 Å². The van der Waals surface area contributed by atoms with E-state index in [4.69, 9.17) is 21.1 Å². The molecule has 206 valence electrons. The topological polar surface area (TPSA) is 97.0 Å². The number of allylic oxidation sites excluding steroid dienone is 1. The van der Waals surface area contributed by atoms with Crippen LogP contribution in [0.15, 0.2) is 79.0 Å². The van der Waals surface area contributed by atoms with E-state index in [2.05, 4.69) is 17.2 Å². The minimum absolute atomic E-state index is 0.0274. The molecule has 3 aromatic carbocycles. The number of amides is 4. The molecule has 4 rings (SSSR count). The van der Waals surface area contributed by atoms with Gasteiger partial charge in [-0.3, -0.25) is 9.59 Å². The zero-order valence-electron chi connectivity index (χ0n) is 21.7. The highest BCUT2D eigenvalue weighted by atomic mass is 35.5. The van der Waals surface area contributed by atoms with E-state index in [0.717, 1.165) is 16.0 Å². The van der Waals surface area contributed by atoms with Gasteiger partial charge in [-0.2, -0.15) is 0 Å². The molecule has 3 aromatic rings. The molecule has 40 heavy (non-hydrogen) atoms. The maximum absolute atomic E-state index is 13.9. The maximum Gasteiger partial charge on any atom is 0.329 e. The Hall–Kier alpha value is -4.63. The first-order valence-electron chi connectivity index (χ1n) is 12.5. The van der Waals surface area contributed by atoms with Gasteiger partial charge in [-0.05, 0) is 55.3 Å². The zero-order valence-corrected chi connectivity index (χ0v) is 22.5. The van der Waals surface area contributed by atoms with Crippen LogP contribution in [0.4, 0.5) is 14.9 Å². The van der Waals surface area contributed by atoms with Gasteiger partial charge < -0.3 is 20.1 Å². The van der Waals surface area contributed by atoms with Crippen LogP contribution in [0.2, 0.25) is 5.02 Å². The molecule has 0 unspecified atom stereocenters. The quantitative estimate of drug-likeness (QED) is 0.177. The second kappa shape index (κ2) is 12.9. The fourth-order valence-electron chi connectivity index (χ4n) is 4.04. The van der Waals surface area contributed by atoms with Crippen molar-refractivity contribution in [2.45, 2.75) is 20.0 Å². The Morgan fingerprint density at radius 1 is 1.10 bits per heavy atom. The van der Waals surface area contributed by atoms with Crippen molar-refractivity contribution in [1.29, 1.82) is 0 Å². The largest absolute Gasteiger partial charge is 0.490 e. The van der Waals surface area contributed by atoms with Crippen molar-refractivity contribution in [2.75, 3.05) is 18.5 Å². The molecule has 0 saturated carbocycles. The van der Waals surface area contributed by atoms with Crippen molar-refractivity contribution < 1.29 is 28.2 Å². The number of nitrogens with one attached hydrogen (secondary N) is 2. The summed E-state index contributed by atoms with van der Waals surface area (Å²) in [5.41, 5.74) is 2.04. The monoisotopic (exact) mass is 563 g/mol. The number of para-hydroxylation sites is 1. The minimum Gasteiger partial charge on any atom is -0.490 e. The van der Waals surface area contributed by atoms with Gasteiger partial charge in [-0.15, -0.1) is 6.58 Å². The van der Waals surface area contributed by atoms with E-state index in [-0.39, 0.29) is 18.0 Å². The average molecular weight is 564 g/mol. The van der Waals surface area contributed by atoms with Crippen LogP contribution in [0.1, 0.15) is 23.6 Å². The highest BCUT2D eigenvalue weighted by Crippen LogP contribution is 2.36. The lowest BCUT2D eigenvalue weighted by atomic mass is 10.0. The van der Waals surface area contributed by atoms with Crippen LogP contribution < -0.4 is 20.1 Å². The van der Waals surface area contributed by atoms with E-state index in [9.17, 15) is 18.8 Å². The highest BCUT2D eigenvalue weighted by molar-refractivity contribution is 6.31. The predicted molar refractivity (Wildman–Crippen MR) is 151 cm³/mol. The van der Waals surface area contributed by atoms with Gasteiger partial charge in [0.2, 0.25) is 5.91 Å². The van der Waals surface area contributed by atoms with Gasteiger partial charge in [-0.1, -0.05) is 48.0 Å². The molecule has 1 heterocycles. The second-order valence-corrected chi connectivity index (χ2v) is 9.13. The summed E-state index contributed by atoms with van der Waals surface area (Å²) in [6, 6.07) is 15.7. The first-order chi connectivity index (χ1) is 19.3. The smallest absolute Gasteiger partial charge is 0.329 e. The number of benzene rings is 3. The van der Waals surface area contributed by atoms with Crippen LogP contribution in [0.3, 0.4) is 0 Å². The number of hydrogen-bond donors (Lipinski definition) is 2. The number of urea groups is 1. The highest BCUT2D eigenvalue weighted by Gasteiger charge is 2.35. The third-order valence-corrected chi connectivity index (χ3v) is 6.24. The average Bonchev–Trinajstić information content (AvgIpc) is 3.18. The van der Waals surface area contributed by atoms with Crippen LogP contribution in [0.25, 0.3) is 6.08 Å². The molecular weight excluding hydrogens is 537 g/mol. The molecule has 1 saturated heterocycles. The van der Waals surface area contributed by atoms with Crippen LogP contribution in [-0.2, 0) is 22.6 Å². The van der Waals surface area contributed by atoms with E-state index in [1.807, 2.05) is 25.1 Å². The van der Waals surface area contributed by atoms with E-state index in [1.165, 1.54) is 24.3 Å². The lowest BCUT2D eigenvalue weighted by molar-refractivity contribution is -0.127. The molecule has 0 radical (unpaired) electrons. The zero-order chi connectivity index (χ0) is 28.6. The van der Waals surface area contributed by atoms with Crippen LogP contribution >= 0.6 is 11.6 Å². The van der Waals surface area contributed by atoms with Crippen molar-refractivity contribution >= 4 is 41.2 Å². The summed E-state index contributed by atoms with van der Waals surface area (Å²) in [4.78, 5) is 38.7. The SMILES string of the molecule is C=CCc1cc(/C=C2/NC(=O)N(CC(=O)Nc3ccccc3F)C2=O)cc(OCC)c1OCc1ccccc1Cl. The van der Waals surface area contributed by atoms with Crippen molar-refractivity contribution in [3.8, 4) is 11.5 Å². The molecular formula is C30H27ClFN3O5. The number of halogens is 2. The van der Waals surface area contributed by atoms with Gasteiger partial charge in [0.1, 0.15) is 24.7 Å². The molecule has 1 aliphatic rings. The summed E-state index contributed by atoms with van der Waals surface area (Å²) in [6.07, 6.45) is 3.64. The third kappa shape index (κ3) is 6.68. The van der Waals surface area contributed by atoms with Gasteiger partial charge in [0.25, 0.3) is 5.91 Å². The Kier molecular flexibility index (Phi) is 9.19. The lowest BCUT2D eigenvalue weighted by Gasteiger charge is -2.17. The number of anilines is 1. The molecule has 0 aromatic heterocycles. The number of hydrogen-bond acceptors (Lipinski definition) is 5. The fourth-order valence-corrected chi connectivity index (χ4v) is 4.23. The molecule has 1 fully saturated rings. The van der Waals surface area contributed by atoms with Crippen molar-refractivity contribution in [3.63, 3.8) is 0 Å². The summed E-state index contributed by atoms with van der Waals surface area (Å²) in [6.45, 7) is 5.64. The Labute approximate surface area is 236 Å². The first kappa shape index (κ1) is 28.4. The van der Waals surface area contributed by atoms with Crippen molar-refractivity contribution in [3.05, 3.63) is 107 Å². The summed E-state index contributed by atoms with van der Waals surface area (Å²) in [5, 5.41) is 5.43. The molecule has 0 atom stereocenters. The summed E-state index contributed by atoms with van der Waals surface area (Å²) in [7, 11) is 0. The van der Waals surface area contributed by atoms with E-state index in [0.29, 0.717) is 35.1 Å². The molecule has 10 heteroatoms. The number of imide groups is 1. The normalized spacial score (nSPS) is 13.8. The third-order valence-electron chi connectivity index (χ3n) is 5.87. The maximum atomic E-state index is 13.9. The van der Waals surface area contributed by atoms with Gasteiger partial charge >= 0.3 is 6.03 Å². The second-order valence-electron chi connectivity index (χ2n) is 8.72. The predicted octanol–water partition coefficient (Wildman–Crippen LogP) is 5.72. The molecule has 2 N–H and O–H groups in total. The molecule has 0 bridgehead atoms. The number of carbonyl (C=O) groups excluding carboxylic acids is 3. The number of rotatable bonds is 11. The van der Waals surface area contributed by atoms with Gasteiger partial charge in [0, 0.05) is 16.1 Å². The van der Waals surface area contributed by atoms with Gasteiger partial charge in [0.05, 0.1) is 12.3 Å². The number of carbonyl (C=O) groups is 3. The van der Waals surface area contributed by atoms with Gasteiger partial charge in [-0.25, -0.2) is 14.1 Å². The molecule has 8 nitrogen and oxygen atoms in total. The van der Waals surface area contributed by atoms with E-state index in [1.54, 1.807) is 30.3 Å². The first-order valence-corrected chi connectivity index (χ1v) is 12.8. The number of ether oxygens (including phenoxy) is 2. The molecule has 4 amide bonds. The standard InChI is InChI=1S/C30H27ClFN3O5/c1-3-9-20-14-19(16-26(39-4-2)28(20)40-18-21-10-5-6-11-22(21)31)15-25-29(37)35(30(38)34-25)17-27(36)33-24-13-8-7-12-23(24)32/h3,5-8,10-16H,1,4,9,17-18H2,2H3,(H,33,36)(H,34,38)/b25-15+. The van der Waals surface area contributed by atoms with Crippen molar-refractivity contribution in [2.24, 2.45) is 0 Å². The molecule has 0 aliphatic carbocycles. The minimum atomic E-state index is -0.768. The number of nitrogens with zero attached hydrogens (tertiary/aromatic N) is 1. The van der Waals surface area contributed by atoms with Crippen LogP contribution in [0.5, 0.6) is 11.5 Å². The van der Waals surface area contributed by atoms with E-state index >= 15 is 0 Å². The Morgan fingerprint density at radius 2 is 1.85 bits per heavy atom. The molecule has 0 spiro atoms. The Balaban J connectivity index is 1.56. The Morgan fingerprint density at radius 3 is 2.58 bits per heavy atom. The summed E-state index contributed by atoms with van der Waals surface area (Å²) < 4.78 is 25.8.